The van der Waals surface area contributed by atoms with Crippen LogP contribution >= 0.6 is 0 Å². The summed E-state index contributed by atoms with van der Waals surface area (Å²) in [6, 6.07) is 6.95. The fraction of sp³-hybridized carbons (Fsp3) is 0.550. The van der Waals surface area contributed by atoms with Crippen LogP contribution < -0.4 is 10.6 Å². The van der Waals surface area contributed by atoms with Crippen molar-refractivity contribution >= 4 is 17.5 Å². The molecule has 146 valence electrons. The molecule has 2 amide bonds. The van der Waals surface area contributed by atoms with Gasteiger partial charge in [-0.2, -0.15) is 5.26 Å². The molecule has 28 heavy (non-hydrogen) atoms. The number of piperazine rings is 1. The maximum Gasteiger partial charge on any atom is 0.244 e. The van der Waals surface area contributed by atoms with Crippen LogP contribution in [0.2, 0.25) is 0 Å². The number of hydrogen-bond acceptors (Lipinski definition) is 5. The third-order valence-electron chi connectivity index (χ3n) is 6.63. The molecule has 3 heterocycles. The van der Waals surface area contributed by atoms with Gasteiger partial charge in [-0.25, -0.2) is 4.39 Å². The van der Waals surface area contributed by atoms with Gasteiger partial charge in [-0.3, -0.25) is 14.5 Å². The van der Waals surface area contributed by atoms with E-state index in [1.54, 1.807) is 21.9 Å². The van der Waals surface area contributed by atoms with Crippen LogP contribution in [0, 0.1) is 23.1 Å². The third kappa shape index (κ3) is 2.61. The number of carbonyl (C=O) groups excluding carboxylic acids is 2. The summed E-state index contributed by atoms with van der Waals surface area (Å²) in [5.41, 5.74) is 6.91. The number of amides is 2. The first-order chi connectivity index (χ1) is 13.5. The van der Waals surface area contributed by atoms with Crippen LogP contribution in [-0.4, -0.2) is 64.9 Å². The Morgan fingerprint density at radius 3 is 2.71 bits per heavy atom. The number of nitriles is 1. The normalized spacial score (nSPS) is 34.5. The summed E-state index contributed by atoms with van der Waals surface area (Å²) in [6.07, 6.45) is 2.40. The molecule has 0 radical (unpaired) electrons. The first-order valence-corrected chi connectivity index (χ1v) is 9.78. The van der Waals surface area contributed by atoms with Crippen molar-refractivity contribution < 1.29 is 14.0 Å². The minimum Gasteiger partial charge on any atom is -0.322 e. The summed E-state index contributed by atoms with van der Waals surface area (Å²) in [7, 11) is 0. The lowest BCUT2D eigenvalue weighted by Crippen LogP contribution is -2.57. The first-order valence-electron chi connectivity index (χ1n) is 9.78. The van der Waals surface area contributed by atoms with Crippen molar-refractivity contribution in [2.45, 2.75) is 49.5 Å². The second kappa shape index (κ2) is 6.26. The second-order valence-corrected chi connectivity index (χ2v) is 8.34. The zero-order valence-corrected chi connectivity index (χ0v) is 15.4. The molecule has 0 aromatic heterocycles. The Balaban J connectivity index is 1.25. The molecule has 7 nitrogen and oxygen atoms in total. The molecule has 4 fully saturated rings. The highest BCUT2D eigenvalue weighted by Crippen LogP contribution is 2.47. The summed E-state index contributed by atoms with van der Waals surface area (Å²) >= 11 is 0. The van der Waals surface area contributed by atoms with Crippen LogP contribution in [0.5, 0.6) is 0 Å². The van der Waals surface area contributed by atoms with E-state index in [1.807, 2.05) is 4.90 Å². The van der Waals surface area contributed by atoms with Crippen LogP contribution in [0.25, 0.3) is 0 Å². The van der Waals surface area contributed by atoms with E-state index >= 15 is 0 Å². The summed E-state index contributed by atoms with van der Waals surface area (Å²) in [5.74, 6) is -0.0837. The predicted molar refractivity (Wildman–Crippen MR) is 98.4 cm³/mol. The summed E-state index contributed by atoms with van der Waals surface area (Å²) < 4.78 is 13.2. The molecule has 1 aromatic carbocycles. The van der Waals surface area contributed by atoms with E-state index in [-0.39, 0.29) is 41.8 Å². The molecule has 6 atom stereocenters. The van der Waals surface area contributed by atoms with Gasteiger partial charge in [0, 0.05) is 24.8 Å². The van der Waals surface area contributed by atoms with Gasteiger partial charge in [0.2, 0.25) is 11.8 Å². The van der Waals surface area contributed by atoms with Crippen molar-refractivity contribution in [3.8, 4) is 6.07 Å². The number of anilines is 1. The zero-order chi connectivity index (χ0) is 19.6. The van der Waals surface area contributed by atoms with Gasteiger partial charge >= 0.3 is 0 Å². The molecule has 1 aliphatic carbocycles. The highest BCUT2D eigenvalue weighted by atomic mass is 19.1. The minimum absolute atomic E-state index is 0.0109. The third-order valence-corrected chi connectivity index (χ3v) is 6.63. The van der Waals surface area contributed by atoms with E-state index in [4.69, 9.17) is 5.73 Å². The Labute approximate surface area is 162 Å². The lowest BCUT2D eigenvalue weighted by molar-refractivity contribution is -0.135. The van der Waals surface area contributed by atoms with Crippen LogP contribution in [0.4, 0.5) is 10.1 Å². The Bertz CT molecular complexity index is 868. The highest BCUT2D eigenvalue weighted by Gasteiger charge is 2.55. The van der Waals surface area contributed by atoms with Crippen molar-refractivity contribution in [1.29, 1.82) is 5.26 Å². The van der Waals surface area contributed by atoms with Gasteiger partial charge in [0.1, 0.15) is 11.9 Å². The number of nitrogens with two attached hydrogens (primary N) is 1. The molecular weight excluding hydrogens is 361 g/mol. The molecule has 1 saturated carbocycles. The Hall–Kier alpha value is -2.50. The number of carbonyl (C=O) groups is 2. The lowest BCUT2D eigenvalue weighted by Gasteiger charge is -2.35. The van der Waals surface area contributed by atoms with Gasteiger partial charge in [-0.1, -0.05) is 0 Å². The molecule has 5 rings (SSSR count). The fourth-order valence-corrected chi connectivity index (χ4v) is 5.22. The standard InChI is InChI=1S/C20H22FN5O2/c21-12-1-3-13(4-2-12)25-15-7-18(20(25)28)24(9-15)10-16(23)19(27)26-14(8-22)5-11-6-17(11)26/h1-4,11,14-18H,5-7,9-10,23H2/t11-,14+,15+,16+,17?,18+/m1/s1. The number of halogens is 1. The minimum atomic E-state index is -0.735. The largest absolute Gasteiger partial charge is 0.322 e. The smallest absolute Gasteiger partial charge is 0.244 e. The monoisotopic (exact) mass is 383 g/mol. The average molecular weight is 383 g/mol. The average Bonchev–Trinajstić information content (AvgIpc) is 3.02. The van der Waals surface area contributed by atoms with Crippen LogP contribution in [0.15, 0.2) is 24.3 Å². The Kier molecular flexibility index (Phi) is 3.93. The van der Waals surface area contributed by atoms with E-state index in [1.165, 1.54) is 12.1 Å². The second-order valence-electron chi connectivity index (χ2n) is 8.34. The maximum atomic E-state index is 13.2. The summed E-state index contributed by atoms with van der Waals surface area (Å²) in [4.78, 5) is 31.1. The molecular formula is C20H22FN5O2. The van der Waals surface area contributed by atoms with E-state index < -0.39 is 6.04 Å². The topological polar surface area (TPSA) is 93.7 Å². The van der Waals surface area contributed by atoms with Crippen LogP contribution in [0.3, 0.4) is 0 Å². The van der Waals surface area contributed by atoms with Gasteiger partial charge in [0.05, 0.1) is 24.2 Å². The fourth-order valence-electron chi connectivity index (χ4n) is 5.22. The predicted octanol–water partition coefficient (Wildman–Crippen LogP) is 0.455. The van der Waals surface area contributed by atoms with Gasteiger partial charge in [0.25, 0.3) is 0 Å². The summed E-state index contributed by atoms with van der Waals surface area (Å²) in [6.45, 7) is 0.956. The molecule has 2 N–H and O–H groups in total. The molecule has 3 aliphatic heterocycles. The Morgan fingerprint density at radius 1 is 1.29 bits per heavy atom. The lowest BCUT2D eigenvalue weighted by atomic mass is 10.1. The molecule has 8 heteroatoms. The number of hydrogen-bond donors (Lipinski definition) is 1. The van der Waals surface area contributed by atoms with Crippen molar-refractivity contribution in [1.82, 2.24) is 9.80 Å². The van der Waals surface area contributed by atoms with Gasteiger partial charge in [-0.05, 0) is 49.4 Å². The number of benzene rings is 1. The number of likely N-dealkylation sites (tertiary alicyclic amines) is 2. The summed E-state index contributed by atoms with van der Waals surface area (Å²) in [5, 5.41) is 9.30. The van der Waals surface area contributed by atoms with E-state index in [2.05, 4.69) is 6.07 Å². The number of nitrogens with zero attached hydrogens (tertiary/aromatic N) is 4. The molecule has 1 aromatic rings. The molecule has 0 spiro atoms. The highest BCUT2D eigenvalue weighted by molar-refractivity contribution is 6.01. The zero-order valence-electron chi connectivity index (χ0n) is 15.4. The quantitative estimate of drug-likeness (QED) is 0.815. The SMILES string of the molecule is N#C[C@@H]1C[C@@H]2CC2N1C(=O)[C@@H](N)CN1C[C@@H]2C[C@H]1C(=O)N2c1ccc(F)cc1. The number of fused-ring (bicyclic) bond motifs is 3. The number of piperidine rings is 1. The molecule has 2 bridgehead atoms. The van der Waals surface area contributed by atoms with Crippen LogP contribution in [-0.2, 0) is 9.59 Å². The Morgan fingerprint density at radius 2 is 2.04 bits per heavy atom. The van der Waals surface area contributed by atoms with E-state index in [9.17, 15) is 19.2 Å². The van der Waals surface area contributed by atoms with Gasteiger partial charge in [-0.15, -0.1) is 0 Å². The van der Waals surface area contributed by atoms with E-state index in [0.717, 1.165) is 12.8 Å². The van der Waals surface area contributed by atoms with Crippen molar-refractivity contribution in [2.75, 3.05) is 18.0 Å². The number of rotatable bonds is 4. The molecule has 1 unspecified atom stereocenters. The maximum absolute atomic E-state index is 13.2. The van der Waals surface area contributed by atoms with Crippen molar-refractivity contribution in [3.05, 3.63) is 30.1 Å². The van der Waals surface area contributed by atoms with E-state index in [0.29, 0.717) is 31.1 Å². The van der Waals surface area contributed by atoms with Crippen molar-refractivity contribution in [3.63, 3.8) is 0 Å². The van der Waals surface area contributed by atoms with Crippen LogP contribution in [0.1, 0.15) is 19.3 Å². The first kappa shape index (κ1) is 17.6. The van der Waals surface area contributed by atoms with Gasteiger partial charge in [0.15, 0.2) is 0 Å². The molecule has 4 aliphatic rings. The van der Waals surface area contributed by atoms with Crippen molar-refractivity contribution in [2.24, 2.45) is 11.7 Å². The molecule has 3 saturated heterocycles. The van der Waals surface area contributed by atoms with Gasteiger partial charge < -0.3 is 15.5 Å².